The number of carbonyl (C=O) groups excluding carboxylic acids is 1. The van der Waals surface area contributed by atoms with Gasteiger partial charge in [0.25, 0.3) is 0 Å². The average molecular weight is 265 g/mol. The second-order valence-corrected chi connectivity index (χ2v) is 6.08. The minimum absolute atomic E-state index is 0.162. The minimum atomic E-state index is 0.162. The number of allylic oxidation sites excluding steroid dienone is 1. The zero-order chi connectivity index (χ0) is 13.5. The van der Waals surface area contributed by atoms with Gasteiger partial charge in [0, 0.05) is 19.6 Å². The molecule has 0 radical (unpaired) electrons. The molecule has 2 rings (SSSR count). The lowest BCUT2D eigenvalue weighted by atomic mass is 9.79. The van der Waals surface area contributed by atoms with Crippen LogP contribution in [-0.2, 0) is 4.79 Å². The third-order valence-corrected chi connectivity index (χ3v) is 4.64. The molecule has 2 N–H and O–H groups in total. The lowest BCUT2D eigenvalue weighted by molar-refractivity contribution is -0.120. The van der Waals surface area contributed by atoms with Gasteiger partial charge in [-0.25, -0.2) is 0 Å². The van der Waals surface area contributed by atoms with E-state index in [0.29, 0.717) is 18.3 Å². The molecule has 19 heavy (non-hydrogen) atoms. The van der Waals surface area contributed by atoms with Crippen LogP contribution in [0.2, 0.25) is 0 Å². The summed E-state index contributed by atoms with van der Waals surface area (Å²) in [6.07, 6.45) is 12.3. The number of hydrogen-bond acceptors (Lipinski definition) is 2. The fraction of sp³-hybridized carbons (Fsp3) is 0.812. The van der Waals surface area contributed by atoms with Crippen LogP contribution in [0.3, 0.4) is 0 Å². The summed E-state index contributed by atoms with van der Waals surface area (Å²) >= 11 is 0. The first-order chi connectivity index (χ1) is 9.29. The summed E-state index contributed by atoms with van der Waals surface area (Å²) in [7, 11) is 0. The highest BCUT2D eigenvalue weighted by molar-refractivity contribution is 5.78. The molecule has 2 atom stereocenters. The van der Waals surface area contributed by atoms with Crippen molar-refractivity contribution in [2.75, 3.05) is 13.2 Å². The Hall–Kier alpha value is -0.830. The molecule has 0 aromatic carbocycles. The van der Waals surface area contributed by atoms with Crippen LogP contribution in [-0.4, -0.2) is 24.2 Å². The van der Waals surface area contributed by atoms with Crippen molar-refractivity contribution in [3.8, 4) is 0 Å². The van der Waals surface area contributed by atoms with Crippen molar-refractivity contribution >= 4 is 5.91 Å². The van der Waals surface area contributed by atoms with E-state index < -0.39 is 0 Å². The van der Waals surface area contributed by atoms with Crippen molar-refractivity contribution in [2.45, 2.75) is 57.8 Å². The van der Waals surface area contributed by atoms with E-state index >= 15 is 0 Å². The summed E-state index contributed by atoms with van der Waals surface area (Å²) in [5, 5.41) is 12.4. The lowest BCUT2D eigenvalue weighted by Gasteiger charge is -2.30. The molecule has 1 fully saturated rings. The molecule has 2 aliphatic carbocycles. The van der Waals surface area contributed by atoms with Gasteiger partial charge < -0.3 is 10.4 Å². The molecule has 2 unspecified atom stereocenters. The van der Waals surface area contributed by atoms with Crippen LogP contribution in [0, 0.1) is 11.8 Å². The van der Waals surface area contributed by atoms with Crippen LogP contribution in [0.1, 0.15) is 57.8 Å². The van der Waals surface area contributed by atoms with Gasteiger partial charge in [0.05, 0.1) is 0 Å². The number of aliphatic hydroxyl groups excluding tert-OH is 1. The van der Waals surface area contributed by atoms with Crippen molar-refractivity contribution in [2.24, 2.45) is 11.8 Å². The van der Waals surface area contributed by atoms with Crippen molar-refractivity contribution in [1.82, 2.24) is 5.32 Å². The first-order valence-corrected chi connectivity index (χ1v) is 7.85. The van der Waals surface area contributed by atoms with Crippen LogP contribution in [0.4, 0.5) is 0 Å². The molecule has 3 heteroatoms. The Morgan fingerprint density at radius 1 is 1.21 bits per heavy atom. The molecule has 0 heterocycles. The number of hydrogen-bond donors (Lipinski definition) is 2. The first kappa shape index (κ1) is 14.6. The maximum absolute atomic E-state index is 11.9. The van der Waals surface area contributed by atoms with Crippen LogP contribution in [0.15, 0.2) is 11.6 Å². The van der Waals surface area contributed by atoms with E-state index in [-0.39, 0.29) is 12.5 Å². The van der Waals surface area contributed by atoms with Gasteiger partial charge >= 0.3 is 0 Å². The van der Waals surface area contributed by atoms with E-state index in [9.17, 15) is 9.90 Å². The Kier molecular flexibility index (Phi) is 5.90. The van der Waals surface area contributed by atoms with E-state index in [4.69, 9.17) is 0 Å². The van der Waals surface area contributed by atoms with Crippen LogP contribution in [0.5, 0.6) is 0 Å². The zero-order valence-electron chi connectivity index (χ0n) is 11.9. The number of aliphatic hydroxyl groups is 1. The van der Waals surface area contributed by atoms with Gasteiger partial charge in [-0.1, -0.05) is 24.5 Å². The lowest BCUT2D eigenvalue weighted by Crippen LogP contribution is -2.35. The fourth-order valence-corrected chi connectivity index (χ4v) is 3.37. The summed E-state index contributed by atoms with van der Waals surface area (Å²) in [6.45, 7) is 1.02. The predicted octanol–water partition coefficient (Wildman–Crippen LogP) is 2.79. The SMILES string of the molecule is O=C(CC1=CCCCC1)NCC1CCCCC1CO. The second-order valence-electron chi connectivity index (χ2n) is 6.08. The van der Waals surface area contributed by atoms with Crippen LogP contribution >= 0.6 is 0 Å². The third kappa shape index (κ3) is 4.64. The minimum Gasteiger partial charge on any atom is -0.396 e. The average Bonchev–Trinajstić information content (AvgIpc) is 2.46. The highest BCUT2D eigenvalue weighted by Crippen LogP contribution is 2.29. The van der Waals surface area contributed by atoms with Gasteiger partial charge in [0.2, 0.25) is 5.91 Å². The summed E-state index contributed by atoms with van der Waals surface area (Å²) in [5.41, 5.74) is 1.31. The molecular formula is C16H27NO2. The second kappa shape index (κ2) is 7.68. The Balaban J connectivity index is 1.71. The maximum atomic E-state index is 11.9. The predicted molar refractivity (Wildman–Crippen MR) is 76.7 cm³/mol. The largest absolute Gasteiger partial charge is 0.396 e. The summed E-state index contributed by atoms with van der Waals surface area (Å²) < 4.78 is 0. The molecule has 0 aromatic rings. The molecule has 0 bridgehead atoms. The highest BCUT2D eigenvalue weighted by atomic mass is 16.3. The normalized spacial score (nSPS) is 27.7. The van der Waals surface area contributed by atoms with E-state index in [1.165, 1.54) is 31.3 Å². The summed E-state index contributed by atoms with van der Waals surface area (Å²) in [4.78, 5) is 11.9. The molecule has 0 aliphatic heterocycles. The Labute approximate surface area is 116 Å². The highest BCUT2D eigenvalue weighted by Gasteiger charge is 2.24. The molecule has 1 saturated carbocycles. The van der Waals surface area contributed by atoms with Gasteiger partial charge in [-0.15, -0.1) is 0 Å². The molecular weight excluding hydrogens is 238 g/mol. The Morgan fingerprint density at radius 2 is 2.00 bits per heavy atom. The van der Waals surface area contributed by atoms with Gasteiger partial charge in [-0.3, -0.25) is 4.79 Å². The molecule has 0 aromatic heterocycles. The van der Waals surface area contributed by atoms with Crippen molar-refractivity contribution < 1.29 is 9.90 Å². The maximum Gasteiger partial charge on any atom is 0.224 e. The van der Waals surface area contributed by atoms with Crippen molar-refractivity contribution in [1.29, 1.82) is 0 Å². The van der Waals surface area contributed by atoms with Crippen LogP contribution < -0.4 is 5.32 Å². The van der Waals surface area contributed by atoms with Crippen molar-refractivity contribution in [3.05, 3.63) is 11.6 Å². The van der Waals surface area contributed by atoms with Gasteiger partial charge in [-0.2, -0.15) is 0 Å². The van der Waals surface area contributed by atoms with Gasteiger partial charge in [-0.05, 0) is 50.4 Å². The molecule has 108 valence electrons. The number of nitrogens with one attached hydrogen (secondary N) is 1. The molecule has 1 amide bonds. The summed E-state index contributed by atoms with van der Waals surface area (Å²) in [5.74, 6) is 1.03. The van der Waals surface area contributed by atoms with Gasteiger partial charge in [0.15, 0.2) is 0 Å². The fourth-order valence-electron chi connectivity index (χ4n) is 3.37. The molecule has 2 aliphatic rings. The van der Waals surface area contributed by atoms with E-state index in [1.807, 2.05) is 0 Å². The van der Waals surface area contributed by atoms with Crippen molar-refractivity contribution in [3.63, 3.8) is 0 Å². The van der Waals surface area contributed by atoms with E-state index in [2.05, 4.69) is 11.4 Å². The number of rotatable bonds is 5. The Morgan fingerprint density at radius 3 is 2.68 bits per heavy atom. The summed E-state index contributed by atoms with van der Waals surface area (Å²) in [6, 6.07) is 0. The first-order valence-electron chi connectivity index (χ1n) is 7.85. The van der Waals surface area contributed by atoms with Gasteiger partial charge in [0.1, 0.15) is 0 Å². The quantitative estimate of drug-likeness (QED) is 0.751. The van der Waals surface area contributed by atoms with E-state index in [0.717, 1.165) is 32.2 Å². The number of amides is 1. The van der Waals surface area contributed by atoms with Crippen LogP contribution in [0.25, 0.3) is 0 Å². The molecule has 0 saturated heterocycles. The smallest absolute Gasteiger partial charge is 0.224 e. The monoisotopic (exact) mass is 265 g/mol. The number of carbonyl (C=O) groups is 1. The topological polar surface area (TPSA) is 49.3 Å². The third-order valence-electron chi connectivity index (χ3n) is 4.64. The zero-order valence-corrected chi connectivity index (χ0v) is 11.9. The Bertz CT molecular complexity index is 325. The molecule has 3 nitrogen and oxygen atoms in total. The van der Waals surface area contributed by atoms with E-state index in [1.54, 1.807) is 0 Å². The molecule has 0 spiro atoms. The standard InChI is InChI=1S/C16H27NO2/c18-12-15-9-5-4-8-14(15)11-17-16(19)10-13-6-2-1-3-7-13/h6,14-15,18H,1-5,7-12H2,(H,17,19).